The van der Waals surface area contributed by atoms with Gasteiger partial charge < -0.3 is 19.3 Å². The van der Waals surface area contributed by atoms with Gasteiger partial charge in [-0.3, -0.25) is 9.59 Å². The molecule has 2 aliphatic heterocycles. The molecule has 2 amide bonds. The lowest BCUT2D eigenvalue weighted by Gasteiger charge is -2.37. The fraction of sp³-hybridized carbons (Fsp3) is 0.571. The fourth-order valence-corrected chi connectivity index (χ4v) is 6.56. The molecule has 2 fully saturated rings. The van der Waals surface area contributed by atoms with E-state index in [1.165, 1.54) is 16.0 Å². The first kappa shape index (κ1) is 24.3. The lowest BCUT2D eigenvalue weighted by atomic mass is 10.00. The summed E-state index contributed by atoms with van der Waals surface area (Å²) in [6.45, 7) is 4.49. The van der Waals surface area contributed by atoms with Crippen molar-refractivity contribution < 1.29 is 19.1 Å². The van der Waals surface area contributed by atoms with Gasteiger partial charge in [0.2, 0.25) is 11.8 Å². The van der Waals surface area contributed by atoms with Crippen molar-refractivity contribution in [1.29, 1.82) is 0 Å². The molecule has 0 bridgehead atoms. The number of ether oxygens (including phenoxy) is 2. The number of benzene rings is 1. The summed E-state index contributed by atoms with van der Waals surface area (Å²) in [7, 11) is 0. The number of amides is 2. The summed E-state index contributed by atoms with van der Waals surface area (Å²) in [5.74, 6) is 0.993. The lowest BCUT2D eigenvalue weighted by molar-refractivity contribution is -0.146. The smallest absolute Gasteiger partial charge is 0.242 e. The van der Waals surface area contributed by atoms with Gasteiger partial charge in [0.1, 0.15) is 12.4 Å². The number of thiophene rings is 1. The third kappa shape index (κ3) is 5.72. The summed E-state index contributed by atoms with van der Waals surface area (Å²) in [5.41, 5.74) is 2.36. The number of hydrogen-bond donors (Lipinski definition) is 0. The van der Waals surface area contributed by atoms with Gasteiger partial charge in [-0.25, -0.2) is 0 Å². The molecule has 1 aromatic heterocycles. The Morgan fingerprint density at radius 3 is 2.66 bits per heavy atom. The molecule has 0 spiro atoms. The number of aryl methyl sites for hydroxylation is 1. The molecule has 35 heavy (non-hydrogen) atoms. The second-order valence-corrected chi connectivity index (χ2v) is 11.1. The van der Waals surface area contributed by atoms with E-state index in [2.05, 4.69) is 18.4 Å². The van der Waals surface area contributed by atoms with Gasteiger partial charge in [0.15, 0.2) is 0 Å². The van der Waals surface area contributed by atoms with Gasteiger partial charge in [-0.1, -0.05) is 30.5 Å². The second-order valence-electron chi connectivity index (χ2n) is 10.1. The first-order valence-corrected chi connectivity index (χ1v) is 13.9. The molecule has 1 aliphatic carbocycles. The Kier molecular flexibility index (Phi) is 7.73. The first-order valence-electron chi connectivity index (χ1n) is 13.0. The minimum absolute atomic E-state index is 0.00343. The molecule has 1 saturated heterocycles. The highest BCUT2D eigenvalue weighted by Gasteiger charge is 2.36. The molecule has 1 saturated carbocycles. The number of carbonyl (C=O) groups is 2. The number of rotatable bonds is 8. The van der Waals surface area contributed by atoms with Gasteiger partial charge in [0, 0.05) is 30.5 Å². The molecule has 3 heterocycles. The Morgan fingerprint density at radius 1 is 1.11 bits per heavy atom. The molecule has 2 aromatic rings. The maximum absolute atomic E-state index is 13.7. The van der Waals surface area contributed by atoms with E-state index < -0.39 is 0 Å². The summed E-state index contributed by atoms with van der Waals surface area (Å²) >= 11 is 1.75. The van der Waals surface area contributed by atoms with Crippen LogP contribution in [-0.4, -0.2) is 60.6 Å². The van der Waals surface area contributed by atoms with Crippen LogP contribution < -0.4 is 4.74 Å². The highest BCUT2D eigenvalue weighted by molar-refractivity contribution is 7.10. The van der Waals surface area contributed by atoms with Gasteiger partial charge >= 0.3 is 0 Å². The Balaban J connectivity index is 1.31. The van der Waals surface area contributed by atoms with Crippen LogP contribution >= 0.6 is 11.3 Å². The minimum atomic E-state index is -0.148. The van der Waals surface area contributed by atoms with Crippen molar-refractivity contribution in [3.8, 4) is 5.75 Å². The zero-order valence-corrected chi connectivity index (χ0v) is 21.4. The Morgan fingerprint density at radius 2 is 1.91 bits per heavy atom. The summed E-state index contributed by atoms with van der Waals surface area (Å²) in [5, 5.41) is 2.10. The van der Waals surface area contributed by atoms with E-state index in [-0.39, 0.29) is 36.4 Å². The highest BCUT2D eigenvalue weighted by atomic mass is 32.1. The van der Waals surface area contributed by atoms with Crippen LogP contribution in [0.5, 0.6) is 5.75 Å². The third-order valence-electron chi connectivity index (χ3n) is 7.63. The van der Waals surface area contributed by atoms with Crippen LogP contribution in [0, 0.1) is 12.8 Å². The quantitative estimate of drug-likeness (QED) is 0.529. The molecule has 188 valence electrons. The molecular weight excluding hydrogens is 460 g/mol. The largest absolute Gasteiger partial charge is 0.491 e. The van der Waals surface area contributed by atoms with Crippen LogP contribution in [-0.2, 0) is 20.7 Å². The molecule has 0 N–H and O–H groups in total. The number of nitrogens with zero attached hydrogens (tertiary/aromatic N) is 2. The summed E-state index contributed by atoms with van der Waals surface area (Å²) in [6, 6.07) is 9.99. The Bertz CT molecular complexity index is 1010. The maximum atomic E-state index is 13.7. The molecule has 0 unspecified atom stereocenters. The predicted octanol–water partition coefficient (Wildman–Crippen LogP) is 4.76. The first-order chi connectivity index (χ1) is 17.1. The normalized spacial score (nSPS) is 22.3. The van der Waals surface area contributed by atoms with Crippen molar-refractivity contribution in [3.05, 3.63) is 51.7 Å². The van der Waals surface area contributed by atoms with Crippen LogP contribution in [0.2, 0.25) is 0 Å². The van der Waals surface area contributed by atoms with Crippen molar-refractivity contribution in [2.75, 3.05) is 32.8 Å². The van der Waals surface area contributed by atoms with E-state index in [1.54, 1.807) is 16.2 Å². The number of fused-ring (bicyclic) bond motifs is 1. The Hall–Kier alpha value is -2.38. The van der Waals surface area contributed by atoms with Gasteiger partial charge in [0.25, 0.3) is 0 Å². The number of hydrogen-bond acceptors (Lipinski definition) is 5. The summed E-state index contributed by atoms with van der Waals surface area (Å²) < 4.78 is 12.0. The molecule has 6 nitrogen and oxygen atoms in total. The van der Waals surface area contributed by atoms with Gasteiger partial charge in [0.05, 0.1) is 18.7 Å². The molecule has 3 aliphatic rings. The minimum Gasteiger partial charge on any atom is -0.491 e. The summed E-state index contributed by atoms with van der Waals surface area (Å²) in [6.07, 6.45) is 6.94. The highest BCUT2D eigenvalue weighted by Crippen LogP contribution is 2.34. The van der Waals surface area contributed by atoms with Gasteiger partial charge in [-0.2, -0.15) is 0 Å². The molecule has 5 rings (SSSR count). The van der Waals surface area contributed by atoms with Crippen LogP contribution in [0.3, 0.4) is 0 Å². The van der Waals surface area contributed by atoms with Crippen molar-refractivity contribution >= 4 is 23.2 Å². The van der Waals surface area contributed by atoms with E-state index in [0.29, 0.717) is 19.7 Å². The van der Waals surface area contributed by atoms with E-state index in [0.717, 1.165) is 57.3 Å². The van der Waals surface area contributed by atoms with Gasteiger partial charge in [-0.15, -0.1) is 11.3 Å². The van der Waals surface area contributed by atoms with Crippen molar-refractivity contribution in [1.82, 2.24) is 9.80 Å². The fourth-order valence-electron chi connectivity index (χ4n) is 5.64. The predicted molar refractivity (Wildman–Crippen MR) is 137 cm³/mol. The summed E-state index contributed by atoms with van der Waals surface area (Å²) in [4.78, 5) is 32.2. The van der Waals surface area contributed by atoms with Crippen molar-refractivity contribution in [2.24, 2.45) is 5.92 Å². The van der Waals surface area contributed by atoms with Crippen LogP contribution in [0.15, 0.2) is 35.7 Å². The van der Waals surface area contributed by atoms with Crippen LogP contribution in [0.1, 0.15) is 60.6 Å². The third-order valence-corrected chi connectivity index (χ3v) is 8.63. The molecule has 2 atom stereocenters. The van der Waals surface area contributed by atoms with Gasteiger partial charge in [-0.05, 0) is 68.2 Å². The van der Waals surface area contributed by atoms with E-state index in [4.69, 9.17) is 9.47 Å². The van der Waals surface area contributed by atoms with E-state index in [1.807, 2.05) is 29.2 Å². The van der Waals surface area contributed by atoms with Crippen molar-refractivity contribution in [2.45, 2.75) is 64.0 Å². The standard InChI is InChI=1S/C28H36N2O4S/c1-20-8-10-22(11-9-20)34-19-25-24-13-16-35-26(24)12-14-30(25)27(31)18-29(17-23-7-4-15-33-23)28(32)21-5-2-3-6-21/h8-11,13,16,21,23,25H,2-7,12,14-15,17-19H2,1H3/t23-,25+/m1/s1. The lowest BCUT2D eigenvalue weighted by Crippen LogP contribution is -2.50. The van der Waals surface area contributed by atoms with E-state index in [9.17, 15) is 9.59 Å². The topological polar surface area (TPSA) is 59.1 Å². The molecule has 7 heteroatoms. The number of carbonyl (C=O) groups excluding carboxylic acids is 2. The molecular formula is C28H36N2O4S. The maximum Gasteiger partial charge on any atom is 0.242 e. The second kappa shape index (κ2) is 11.1. The SMILES string of the molecule is Cc1ccc(OC[C@H]2c3ccsc3CCN2C(=O)CN(C[C@H]2CCCO2)C(=O)C2CCCC2)cc1. The van der Waals surface area contributed by atoms with Crippen LogP contribution in [0.25, 0.3) is 0 Å². The average molecular weight is 497 g/mol. The van der Waals surface area contributed by atoms with Crippen LogP contribution in [0.4, 0.5) is 0 Å². The zero-order chi connectivity index (χ0) is 24.2. The molecule has 0 radical (unpaired) electrons. The van der Waals surface area contributed by atoms with Crippen molar-refractivity contribution in [3.63, 3.8) is 0 Å². The zero-order valence-electron chi connectivity index (χ0n) is 20.6. The average Bonchev–Trinajstić information content (AvgIpc) is 3.65. The molecule has 1 aromatic carbocycles. The monoisotopic (exact) mass is 496 g/mol. The Labute approximate surface area is 212 Å². The van der Waals surface area contributed by atoms with E-state index >= 15 is 0 Å².